The summed E-state index contributed by atoms with van der Waals surface area (Å²) in [6.07, 6.45) is 0.301. The summed E-state index contributed by atoms with van der Waals surface area (Å²) in [6, 6.07) is 5.07. The predicted octanol–water partition coefficient (Wildman–Crippen LogP) is 1.35. The van der Waals surface area contributed by atoms with E-state index < -0.39 is 0 Å². The van der Waals surface area contributed by atoms with Gasteiger partial charge in [-0.05, 0) is 35.0 Å². The van der Waals surface area contributed by atoms with Crippen LogP contribution in [0, 0.1) is 6.92 Å². The summed E-state index contributed by atoms with van der Waals surface area (Å²) in [6.45, 7) is 1.64. The van der Waals surface area contributed by atoms with Gasteiger partial charge in [-0.1, -0.05) is 17.7 Å². The van der Waals surface area contributed by atoms with Gasteiger partial charge in [0.25, 0.3) is 5.91 Å². The van der Waals surface area contributed by atoms with E-state index >= 15 is 0 Å². The lowest BCUT2D eigenvalue weighted by Crippen LogP contribution is -2.18. The molecule has 0 aliphatic heterocycles. The number of rotatable bonds is 3. The number of nitrogens with zero attached hydrogens (tertiary/aromatic N) is 6. The smallest absolute Gasteiger partial charge is 0.281 e. The molecule has 0 aliphatic carbocycles. The Morgan fingerprint density at radius 1 is 1.45 bits per heavy atom. The lowest BCUT2D eigenvalue weighted by atomic mass is 10.0. The Morgan fingerprint density at radius 3 is 2.91 bits per heavy atom. The molecule has 0 saturated heterocycles. The van der Waals surface area contributed by atoms with Crippen LogP contribution in [0.15, 0.2) is 18.2 Å². The minimum atomic E-state index is -0.358. The number of benzene rings is 1. The van der Waals surface area contributed by atoms with Crippen molar-refractivity contribution in [2.75, 3.05) is 5.73 Å². The molecule has 0 amide bonds. The van der Waals surface area contributed by atoms with Crippen LogP contribution in [0.2, 0.25) is 5.02 Å². The highest BCUT2D eigenvalue weighted by molar-refractivity contribution is 7.09. The van der Waals surface area contributed by atoms with Crippen LogP contribution in [0.5, 0.6) is 0 Å². The number of nitrogen functional groups attached to an aromatic ring is 1. The zero-order chi connectivity index (χ0) is 15.7. The molecule has 0 fully saturated rings. The first kappa shape index (κ1) is 14.5. The van der Waals surface area contributed by atoms with Crippen molar-refractivity contribution in [3.8, 4) is 0 Å². The molecule has 3 aromatic rings. The molecule has 0 atom stereocenters. The third kappa shape index (κ3) is 2.68. The second-order valence-corrected chi connectivity index (χ2v) is 5.63. The molecule has 0 aliphatic rings. The van der Waals surface area contributed by atoms with E-state index in [1.54, 1.807) is 25.1 Å². The fourth-order valence-corrected chi connectivity index (χ4v) is 2.66. The van der Waals surface area contributed by atoms with Gasteiger partial charge >= 0.3 is 0 Å². The van der Waals surface area contributed by atoms with E-state index in [4.69, 9.17) is 17.3 Å². The van der Waals surface area contributed by atoms with Crippen LogP contribution in [0.1, 0.15) is 27.6 Å². The minimum Gasteiger partial charge on any atom is -0.374 e. The van der Waals surface area contributed by atoms with E-state index in [2.05, 4.69) is 24.9 Å². The summed E-state index contributed by atoms with van der Waals surface area (Å²) in [5.74, 6) is 0.549. The second kappa shape index (κ2) is 5.78. The Hall–Kier alpha value is -2.39. The first-order chi connectivity index (χ1) is 10.6. The number of tetrazole rings is 1. The Labute approximate surface area is 134 Å². The van der Waals surface area contributed by atoms with E-state index in [0.29, 0.717) is 39.4 Å². The van der Waals surface area contributed by atoms with Crippen molar-refractivity contribution >= 4 is 34.2 Å². The Balaban J connectivity index is 2.03. The number of hydrogen-bond acceptors (Lipinski definition) is 8. The maximum absolute atomic E-state index is 12.6. The molecular weight excluding hydrogens is 326 g/mol. The summed E-state index contributed by atoms with van der Waals surface area (Å²) < 4.78 is 5.24. The topological polar surface area (TPSA) is 112 Å². The van der Waals surface area contributed by atoms with Crippen molar-refractivity contribution in [2.45, 2.75) is 13.3 Å². The Morgan fingerprint density at radius 2 is 2.27 bits per heavy atom. The molecule has 0 spiro atoms. The van der Waals surface area contributed by atoms with Crippen molar-refractivity contribution in [2.24, 2.45) is 0 Å². The van der Waals surface area contributed by atoms with Gasteiger partial charge in [0, 0.05) is 28.5 Å². The zero-order valence-electron chi connectivity index (χ0n) is 11.4. The first-order valence-corrected chi connectivity index (χ1v) is 7.36. The second-order valence-electron chi connectivity index (χ2n) is 4.43. The molecule has 0 saturated carbocycles. The fraction of sp³-hybridized carbons (Fsp3) is 0.167. The highest BCUT2D eigenvalue weighted by Crippen LogP contribution is 2.24. The van der Waals surface area contributed by atoms with E-state index in [1.165, 1.54) is 0 Å². The number of aromatic nitrogens is 6. The lowest BCUT2D eigenvalue weighted by Gasteiger charge is -2.09. The van der Waals surface area contributed by atoms with Crippen LogP contribution >= 0.6 is 23.1 Å². The SMILES string of the molecule is Cc1nnnn1C(=O)c1cccc(Cl)c1Cc1nsc(N)n1. The number of halogens is 1. The number of hydrogen-bond donors (Lipinski definition) is 1. The van der Waals surface area contributed by atoms with Crippen molar-refractivity contribution in [1.82, 2.24) is 29.6 Å². The van der Waals surface area contributed by atoms with Crippen LogP contribution in [-0.4, -0.2) is 35.5 Å². The summed E-state index contributed by atoms with van der Waals surface area (Å²) in [5, 5.41) is 11.7. The van der Waals surface area contributed by atoms with Crippen molar-refractivity contribution in [3.63, 3.8) is 0 Å². The van der Waals surface area contributed by atoms with Gasteiger partial charge in [-0.15, -0.1) is 5.10 Å². The molecule has 10 heteroatoms. The molecule has 2 aromatic heterocycles. The summed E-state index contributed by atoms with van der Waals surface area (Å²) in [4.78, 5) is 16.7. The average molecular weight is 336 g/mol. The van der Waals surface area contributed by atoms with Crippen molar-refractivity contribution in [1.29, 1.82) is 0 Å². The van der Waals surface area contributed by atoms with E-state index in [9.17, 15) is 4.79 Å². The molecule has 0 unspecified atom stereocenters. The summed E-state index contributed by atoms with van der Waals surface area (Å²) >= 11 is 7.33. The molecule has 3 rings (SSSR count). The standard InChI is InChI=1S/C12H10ClN7OS/c1-6-16-18-19-20(6)11(21)7-3-2-4-9(13)8(7)5-10-15-12(14)22-17-10/h2-4H,5H2,1H3,(H2,14,15,17). The Bertz CT molecular complexity index is 844. The van der Waals surface area contributed by atoms with E-state index in [0.717, 1.165) is 16.2 Å². The Kier molecular flexibility index (Phi) is 3.82. The van der Waals surface area contributed by atoms with Gasteiger partial charge in [-0.3, -0.25) is 4.79 Å². The molecule has 8 nitrogen and oxygen atoms in total. The molecule has 22 heavy (non-hydrogen) atoms. The summed E-state index contributed by atoms with van der Waals surface area (Å²) in [7, 11) is 0. The molecule has 1 aromatic carbocycles. The van der Waals surface area contributed by atoms with Gasteiger partial charge in [0.2, 0.25) is 0 Å². The predicted molar refractivity (Wildman–Crippen MR) is 80.9 cm³/mol. The van der Waals surface area contributed by atoms with Gasteiger partial charge in [0.05, 0.1) is 0 Å². The lowest BCUT2D eigenvalue weighted by molar-refractivity contribution is 0.0939. The normalized spacial score (nSPS) is 10.8. The van der Waals surface area contributed by atoms with Crippen LogP contribution in [0.4, 0.5) is 5.13 Å². The molecule has 0 radical (unpaired) electrons. The third-order valence-corrected chi connectivity index (χ3v) is 3.92. The largest absolute Gasteiger partial charge is 0.374 e. The van der Waals surface area contributed by atoms with Gasteiger partial charge < -0.3 is 5.73 Å². The van der Waals surface area contributed by atoms with Crippen LogP contribution in [-0.2, 0) is 6.42 Å². The van der Waals surface area contributed by atoms with Crippen LogP contribution in [0.3, 0.4) is 0 Å². The van der Waals surface area contributed by atoms with Crippen molar-refractivity contribution < 1.29 is 4.79 Å². The highest BCUT2D eigenvalue weighted by Gasteiger charge is 2.20. The molecule has 112 valence electrons. The number of carbonyl (C=O) groups is 1. The highest BCUT2D eigenvalue weighted by atomic mass is 35.5. The van der Waals surface area contributed by atoms with Gasteiger partial charge in [-0.2, -0.15) is 9.06 Å². The number of nitrogens with two attached hydrogens (primary N) is 1. The van der Waals surface area contributed by atoms with Gasteiger partial charge in [0.1, 0.15) is 5.82 Å². The number of aryl methyl sites for hydroxylation is 1. The molecule has 2 N–H and O–H groups in total. The number of carbonyl (C=O) groups excluding carboxylic acids is 1. The minimum absolute atomic E-state index is 0.301. The zero-order valence-corrected chi connectivity index (χ0v) is 13.0. The van der Waals surface area contributed by atoms with Gasteiger partial charge in [0.15, 0.2) is 11.0 Å². The average Bonchev–Trinajstić information content (AvgIpc) is 3.09. The fourth-order valence-electron chi connectivity index (χ4n) is 1.97. The first-order valence-electron chi connectivity index (χ1n) is 6.21. The quantitative estimate of drug-likeness (QED) is 0.719. The molecule has 2 heterocycles. The third-order valence-electron chi connectivity index (χ3n) is 2.99. The summed E-state index contributed by atoms with van der Waals surface area (Å²) in [5.41, 5.74) is 6.59. The van der Waals surface area contributed by atoms with Crippen LogP contribution < -0.4 is 5.73 Å². The van der Waals surface area contributed by atoms with E-state index in [-0.39, 0.29) is 5.91 Å². The van der Waals surface area contributed by atoms with Gasteiger partial charge in [-0.25, -0.2) is 4.98 Å². The number of anilines is 1. The van der Waals surface area contributed by atoms with E-state index in [1.807, 2.05) is 0 Å². The molecule has 0 bridgehead atoms. The maximum atomic E-state index is 12.6. The molecular formula is C12H10ClN7OS. The monoisotopic (exact) mass is 335 g/mol. The van der Waals surface area contributed by atoms with Crippen LogP contribution in [0.25, 0.3) is 0 Å². The maximum Gasteiger partial charge on any atom is 0.281 e. The van der Waals surface area contributed by atoms with Crippen molar-refractivity contribution in [3.05, 3.63) is 46.0 Å².